The zero-order valence-corrected chi connectivity index (χ0v) is 11.8. The van der Waals surface area contributed by atoms with Crippen molar-refractivity contribution in [3.63, 3.8) is 0 Å². The van der Waals surface area contributed by atoms with E-state index in [1.54, 1.807) is 11.3 Å². The van der Waals surface area contributed by atoms with Crippen molar-refractivity contribution in [1.82, 2.24) is 15.0 Å². The molecule has 0 spiro atoms. The minimum absolute atomic E-state index is 0.635. The summed E-state index contributed by atoms with van der Waals surface area (Å²) in [5.74, 6) is 0.847. The molecule has 0 radical (unpaired) electrons. The van der Waals surface area contributed by atoms with E-state index in [1.807, 2.05) is 20.8 Å². The summed E-state index contributed by atoms with van der Waals surface area (Å²) in [7, 11) is 0. The lowest BCUT2D eigenvalue weighted by Crippen LogP contribution is -2.10. The fraction of sp³-hybridized carbons (Fsp3) is 0.462. The van der Waals surface area contributed by atoms with Gasteiger partial charge in [-0.05, 0) is 39.3 Å². The second-order valence-electron chi connectivity index (χ2n) is 4.39. The molecule has 2 aromatic rings. The van der Waals surface area contributed by atoms with Crippen molar-refractivity contribution in [3.05, 3.63) is 38.9 Å². The molecule has 2 aromatic heterocycles. The van der Waals surface area contributed by atoms with Gasteiger partial charge in [-0.3, -0.25) is 0 Å². The summed E-state index contributed by atoms with van der Waals surface area (Å²) in [4.78, 5) is 13.6. The number of hydrogen-bond acceptors (Lipinski definition) is 5. The van der Waals surface area contributed by atoms with Gasteiger partial charge in [-0.25, -0.2) is 15.0 Å². The average molecular weight is 262 g/mol. The van der Waals surface area contributed by atoms with Crippen LogP contribution in [0.4, 0.5) is 0 Å². The molecule has 5 heteroatoms. The third-order valence-corrected chi connectivity index (χ3v) is 3.80. The molecular weight excluding hydrogens is 244 g/mol. The largest absolute Gasteiger partial charge is 0.330 e. The molecule has 0 fully saturated rings. The lowest BCUT2D eigenvalue weighted by atomic mass is 10.1. The van der Waals surface area contributed by atoms with Crippen LogP contribution < -0.4 is 5.73 Å². The molecule has 0 aromatic carbocycles. The maximum atomic E-state index is 5.60. The van der Waals surface area contributed by atoms with Crippen LogP contribution in [0.15, 0.2) is 5.38 Å². The summed E-state index contributed by atoms with van der Waals surface area (Å²) in [6.45, 7) is 6.68. The van der Waals surface area contributed by atoms with Gasteiger partial charge in [-0.1, -0.05) is 0 Å². The molecule has 0 unspecified atom stereocenters. The first-order chi connectivity index (χ1) is 8.60. The van der Waals surface area contributed by atoms with Gasteiger partial charge in [-0.15, -0.1) is 11.3 Å². The maximum Gasteiger partial charge on any atom is 0.135 e. The average Bonchev–Trinajstić information content (AvgIpc) is 2.69. The van der Waals surface area contributed by atoms with E-state index in [0.717, 1.165) is 34.3 Å². The van der Waals surface area contributed by atoms with Gasteiger partial charge in [0.05, 0.1) is 6.42 Å². The van der Waals surface area contributed by atoms with Crippen molar-refractivity contribution < 1.29 is 0 Å². The predicted octanol–water partition coefficient (Wildman–Crippen LogP) is 1.95. The van der Waals surface area contributed by atoms with E-state index < -0.39 is 0 Å². The van der Waals surface area contributed by atoms with Gasteiger partial charge in [0.25, 0.3) is 0 Å². The van der Waals surface area contributed by atoms with Crippen molar-refractivity contribution in [2.24, 2.45) is 5.73 Å². The van der Waals surface area contributed by atoms with Crippen LogP contribution >= 0.6 is 11.3 Å². The van der Waals surface area contributed by atoms with E-state index >= 15 is 0 Å². The molecule has 0 bridgehead atoms. The molecule has 2 N–H and O–H groups in total. The monoisotopic (exact) mass is 262 g/mol. The smallest absolute Gasteiger partial charge is 0.135 e. The van der Waals surface area contributed by atoms with Crippen molar-refractivity contribution in [2.45, 2.75) is 33.6 Å². The molecule has 96 valence electrons. The van der Waals surface area contributed by atoms with Gasteiger partial charge in [0.1, 0.15) is 10.8 Å². The number of thiazole rings is 1. The van der Waals surface area contributed by atoms with Crippen LogP contribution in [0.2, 0.25) is 0 Å². The van der Waals surface area contributed by atoms with E-state index in [0.29, 0.717) is 13.0 Å². The Morgan fingerprint density at radius 3 is 2.28 bits per heavy atom. The summed E-state index contributed by atoms with van der Waals surface area (Å²) in [6.07, 6.45) is 1.55. The fourth-order valence-corrected chi connectivity index (χ4v) is 2.78. The SMILES string of the molecule is Cc1csc(Cc2nc(C)c(CCN)c(C)n2)n1. The highest BCUT2D eigenvalue weighted by atomic mass is 32.1. The number of hydrogen-bond donors (Lipinski definition) is 1. The van der Waals surface area contributed by atoms with Gasteiger partial charge >= 0.3 is 0 Å². The molecule has 0 aliphatic carbocycles. The molecule has 4 nitrogen and oxygen atoms in total. The predicted molar refractivity (Wildman–Crippen MR) is 73.9 cm³/mol. The van der Waals surface area contributed by atoms with Crippen LogP contribution in [0, 0.1) is 20.8 Å². The van der Waals surface area contributed by atoms with E-state index in [4.69, 9.17) is 5.73 Å². The first-order valence-electron chi connectivity index (χ1n) is 6.04. The summed E-state index contributed by atoms with van der Waals surface area (Å²) < 4.78 is 0. The van der Waals surface area contributed by atoms with Gasteiger partial charge in [-0.2, -0.15) is 0 Å². The van der Waals surface area contributed by atoms with E-state index in [1.165, 1.54) is 5.56 Å². The summed E-state index contributed by atoms with van der Waals surface area (Å²) >= 11 is 1.66. The topological polar surface area (TPSA) is 64.7 Å². The van der Waals surface area contributed by atoms with E-state index in [9.17, 15) is 0 Å². The Bertz CT molecular complexity index is 525. The molecule has 2 rings (SSSR count). The van der Waals surface area contributed by atoms with Gasteiger partial charge in [0, 0.05) is 22.5 Å². The number of aryl methyl sites for hydroxylation is 3. The Kier molecular flexibility index (Phi) is 4.04. The summed E-state index contributed by atoms with van der Waals surface area (Å²) in [5.41, 5.74) is 9.91. The first-order valence-corrected chi connectivity index (χ1v) is 6.92. The summed E-state index contributed by atoms with van der Waals surface area (Å²) in [6, 6.07) is 0. The van der Waals surface area contributed by atoms with Crippen LogP contribution in [0.25, 0.3) is 0 Å². The number of aromatic nitrogens is 3. The number of nitrogens with zero attached hydrogens (tertiary/aromatic N) is 3. The second-order valence-corrected chi connectivity index (χ2v) is 5.33. The molecule has 0 atom stereocenters. The van der Waals surface area contributed by atoms with E-state index in [2.05, 4.69) is 20.3 Å². The third kappa shape index (κ3) is 2.91. The minimum atomic E-state index is 0.635. The van der Waals surface area contributed by atoms with Crippen molar-refractivity contribution in [2.75, 3.05) is 6.54 Å². The standard InChI is InChI=1S/C13H18N4S/c1-8-7-18-13(15-8)6-12-16-9(2)11(4-5-14)10(3)17-12/h7H,4-6,14H2,1-3H3. The second kappa shape index (κ2) is 5.54. The van der Waals surface area contributed by atoms with Gasteiger partial charge in [0.15, 0.2) is 0 Å². The lowest BCUT2D eigenvalue weighted by Gasteiger charge is -2.09. The lowest BCUT2D eigenvalue weighted by molar-refractivity contribution is 0.847. The molecule has 0 aliphatic heterocycles. The third-order valence-electron chi connectivity index (χ3n) is 2.84. The molecule has 0 saturated carbocycles. The Morgan fingerprint density at radius 2 is 1.78 bits per heavy atom. The quantitative estimate of drug-likeness (QED) is 0.914. The normalized spacial score (nSPS) is 10.9. The molecule has 0 amide bonds. The highest BCUT2D eigenvalue weighted by molar-refractivity contribution is 7.09. The van der Waals surface area contributed by atoms with Gasteiger partial charge in [0.2, 0.25) is 0 Å². The Labute approximate surface area is 111 Å². The van der Waals surface area contributed by atoms with Crippen molar-refractivity contribution in [3.8, 4) is 0 Å². The molecule has 0 aliphatic rings. The van der Waals surface area contributed by atoms with Crippen LogP contribution in [0.5, 0.6) is 0 Å². The van der Waals surface area contributed by atoms with Crippen molar-refractivity contribution >= 4 is 11.3 Å². The van der Waals surface area contributed by atoms with Crippen molar-refractivity contribution in [1.29, 1.82) is 0 Å². The van der Waals surface area contributed by atoms with Crippen LogP contribution in [0.1, 0.15) is 33.5 Å². The molecule has 2 heterocycles. The first kappa shape index (κ1) is 13.1. The Hall–Kier alpha value is -1.33. The van der Waals surface area contributed by atoms with Gasteiger partial charge < -0.3 is 5.73 Å². The number of rotatable bonds is 4. The highest BCUT2D eigenvalue weighted by Crippen LogP contribution is 2.15. The molecule has 18 heavy (non-hydrogen) atoms. The highest BCUT2D eigenvalue weighted by Gasteiger charge is 2.09. The molecular formula is C13H18N4S. The maximum absolute atomic E-state index is 5.60. The van der Waals surface area contributed by atoms with E-state index in [-0.39, 0.29) is 0 Å². The summed E-state index contributed by atoms with van der Waals surface area (Å²) in [5, 5.41) is 3.12. The van der Waals surface area contributed by atoms with Crippen LogP contribution in [-0.2, 0) is 12.8 Å². The minimum Gasteiger partial charge on any atom is -0.330 e. The van der Waals surface area contributed by atoms with Crippen LogP contribution in [0.3, 0.4) is 0 Å². The Balaban J connectivity index is 2.25. The Morgan fingerprint density at radius 1 is 1.11 bits per heavy atom. The fourth-order valence-electron chi connectivity index (χ4n) is 2.01. The van der Waals surface area contributed by atoms with Crippen LogP contribution in [-0.4, -0.2) is 21.5 Å². The zero-order valence-electron chi connectivity index (χ0n) is 11.0. The number of nitrogens with two attached hydrogens (primary N) is 1. The zero-order chi connectivity index (χ0) is 13.1. The molecule has 0 saturated heterocycles.